The fourth-order valence-electron chi connectivity index (χ4n) is 1.18. The number of benzene rings is 1. The molecule has 0 aliphatic carbocycles. The van der Waals surface area contributed by atoms with Gasteiger partial charge in [0.25, 0.3) is 0 Å². The van der Waals surface area contributed by atoms with E-state index in [1.165, 1.54) is 0 Å². The SMILES string of the molecule is COc1ccc2c(c1)=NC[N+]=2[O-]. The third-order valence-electron chi connectivity index (χ3n) is 1.82. The highest BCUT2D eigenvalue weighted by atomic mass is 16.5. The Bertz CT molecular complexity index is 425. The van der Waals surface area contributed by atoms with Gasteiger partial charge in [-0.15, -0.1) is 0 Å². The Balaban J connectivity index is 2.72. The summed E-state index contributed by atoms with van der Waals surface area (Å²) in [5.74, 6) is 0.729. The molecule has 1 aromatic rings. The number of ether oxygens (including phenoxy) is 1. The topological polar surface area (TPSA) is 47.7 Å². The van der Waals surface area contributed by atoms with Gasteiger partial charge in [-0.2, -0.15) is 4.74 Å². The Morgan fingerprint density at radius 1 is 1.58 bits per heavy atom. The summed E-state index contributed by atoms with van der Waals surface area (Å²) in [5, 5.41) is 12.4. The summed E-state index contributed by atoms with van der Waals surface area (Å²) in [6.07, 6.45) is 0. The average Bonchev–Trinajstić information content (AvgIpc) is 2.47. The largest absolute Gasteiger partial charge is 0.622 e. The summed E-state index contributed by atoms with van der Waals surface area (Å²) in [5.41, 5.74) is 0. The highest BCUT2D eigenvalue weighted by Crippen LogP contribution is 2.01. The summed E-state index contributed by atoms with van der Waals surface area (Å²) in [7, 11) is 1.59. The third kappa shape index (κ3) is 0.922. The zero-order chi connectivity index (χ0) is 8.55. The van der Waals surface area contributed by atoms with Gasteiger partial charge >= 0.3 is 0 Å². The fraction of sp³-hybridized carbons (Fsp3) is 0.250. The standard InChI is InChI=1S/C8H8N2O2/c1-12-6-2-3-8-7(4-6)9-5-10(8)11/h2-4H,5H2,1H3. The van der Waals surface area contributed by atoms with Crippen LogP contribution < -0.4 is 20.2 Å². The van der Waals surface area contributed by atoms with Crippen molar-refractivity contribution in [2.75, 3.05) is 13.8 Å². The van der Waals surface area contributed by atoms with Crippen molar-refractivity contribution in [1.82, 2.24) is 4.74 Å². The molecule has 12 heavy (non-hydrogen) atoms. The molecule has 0 fully saturated rings. The third-order valence-corrected chi connectivity index (χ3v) is 1.82. The molecule has 1 aromatic carbocycles. The Morgan fingerprint density at radius 2 is 2.42 bits per heavy atom. The zero-order valence-corrected chi connectivity index (χ0v) is 6.65. The van der Waals surface area contributed by atoms with Crippen molar-refractivity contribution >= 4 is 0 Å². The molecule has 0 saturated heterocycles. The van der Waals surface area contributed by atoms with Gasteiger partial charge in [0.2, 0.25) is 12.0 Å². The van der Waals surface area contributed by atoms with E-state index in [9.17, 15) is 5.21 Å². The van der Waals surface area contributed by atoms with Crippen LogP contribution >= 0.6 is 0 Å². The minimum Gasteiger partial charge on any atom is -0.622 e. The highest BCUT2D eigenvalue weighted by molar-refractivity contribution is 5.21. The molecule has 0 spiro atoms. The first kappa shape index (κ1) is 7.09. The second-order valence-corrected chi connectivity index (χ2v) is 2.53. The maximum Gasteiger partial charge on any atom is 0.247 e. The van der Waals surface area contributed by atoms with Gasteiger partial charge in [-0.05, 0) is 6.07 Å². The Morgan fingerprint density at radius 3 is 3.17 bits per heavy atom. The molecule has 0 unspecified atom stereocenters. The summed E-state index contributed by atoms with van der Waals surface area (Å²) >= 11 is 0. The maximum absolute atomic E-state index is 11.0. The monoisotopic (exact) mass is 164 g/mol. The van der Waals surface area contributed by atoms with Gasteiger partial charge < -0.3 is 9.94 Å². The van der Waals surface area contributed by atoms with Crippen molar-refractivity contribution in [3.05, 3.63) is 34.1 Å². The first-order chi connectivity index (χ1) is 5.81. The number of nitrogens with zero attached hydrogens (tertiary/aromatic N) is 2. The predicted octanol–water partition coefficient (Wildman–Crippen LogP) is -0.725. The smallest absolute Gasteiger partial charge is 0.247 e. The van der Waals surface area contributed by atoms with Crippen LogP contribution in [0.25, 0.3) is 0 Å². The normalized spacial score (nSPS) is 13.9. The predicted molar refractivity (Wildman–Crippen MR) is 43.2 cm³/mol. The fourth-order valence-corrected chi connectivity index (χ4v) is 1.18. The second-order valence-electron chi connectivity index (χ2n) is 2.53. The van der Waals surface area contributed by atoms with E-state index in [2.05, 4.69) is 4.99 Å². The maximum atomic E-state index is 11.0. The molecular weight excluding hydrogens is 156 g/mol. The molecule has 1 aliphatic heterocycles. The van der Waals surface area contributed by atoms with Crippen LogP contribution in [-0.4, -0.2) is 13.8 Å². The summed E-state index contributed by atoms with van der Waals surface area (Å²) in [4.78, 5) is 4.02. The second kappa shape index (κ2) is 2.48. The molecule has 4 heteroatoms. The molecule has 2 rings (SSSR count). The molecule has 0 bridgehead atoms. The molecule has 4 nitrogen and oxygen atoms in total. The number of hydrogen-bond acceptors (Lipinski definition) is 3. The van der Waals surface area contributed by atoms with Crippen LogP contribution in [0.5, 0.6) is 5.75 Å². The number of hydrogen-bond donors (Lipinski definition) is 0. The number of hydroxylamine groups is 1. The lowest BCUT2D eigenvalue weighted by molar-refractivity contribution is 0.414. The number of methoxy groups -OCH3 is 1. The molecule has 0 amide bonds. The lowest BCUT2D eigenvalue weighted by Crippen LogP contribution is -2.30. The number of fused-ring (bicyclic) bond motifs is 1. The van der Waals surface area contributed by atoms with E-state index in [1.807, 2.05) is 0 Å². The summed E-state index contributed by atoms with van der Waals surface area (Å²) in [6.45, 7) is 0.197. The minimum absolute atomic E-state index is 0.197. The summed E-state index contributed by atoms with van der Waals surface area (Å²) < 4.78 is 5.85. The van der Waals surface area contributed by atoms with Gasteiger partial charge in [0.1, 0.15) is 11.1 Å². The lowest BCUT2D eigenvalue weighted by atomic mass is 10.3. The quantitative estimate of drug-likeness (QED) is 0.406. The molecule has 0 N–H and O–H groups in total. The summed E-state index contributed by atoms with van der Waals surface area (Å²) in [6, 6.07) is 5.23. The molecular formula is C8H8N2O2. The van der Waals surface area contributed by atoms with Crippen molar-refractivity contribution in [2.24, 2.45) is 4.99 Å². The Hall–Kier alpha value is -1.58. The molecule has 0 aromatic heterocycles. The molecule has 0 atom stereocenters. The van der Waals surface area contributed by atoms with E-state index < -0.39 is 0 Å². The van der Waals surface area contributed by atoms with Gasteiger partial charge in [-0.1, -0.05) is 0 Å². The van der Waals surface area contributed by atoms with Gasteiger partial charge in [-0.3, -0.25) is 0 Å². The van der Waals surface area contributed by atoms with E-state index in [0.717, 1.165) is 10.5 Å². The van der Waals surface area contributed by atoms with Crippen LogP contribution in [0.15, 0.2) is 23.2 Å². The van der Waals surface area contributed by atoms with Crippen molar-refractivity contribution < 1.29 is 4.74 Å². The molecule has 0 saturated carbocycles. The molecule has 1 heterocycles. The van der Waals surface area contributed by atoms with Crippen molar-refractivity contribution in [2.45, 2.75) is 0 Å². The average molecular weight is 164 g/mol. The van der Waals surface area contributed by atoms with Gasteiger partial charge in [-0.25, -0.2) is 4.99 Å². The van der Waals surface area contributed by atoms with Gasteiger partial charge in [0.05, 0.1) is 7.11 Å². The first-order valence-corrected chi connectivity index (χ1v) is 3.61. The first-order valence-electron chi connectivity index (χ1n) is 3.61. The lowest BCUT2D eigenvalue weighted by Gasteiger charge is -1.95. The van der Waals surface area contributed by atoms with Crippen molar-refractivity contribution in [3.63, 3.8) is 0 Å². The van der Waals surface area contributed by atoms with Crippen LogP contribution in [-0.2, 0) is 0 Å². The zero-order valence-electron chi connectivity index (χ0n) is 6.65. The van der Waals surface area contributed by atoms with E-state index in [-0.39, 0.29) is 6.67 Å². The number of rotatable bonds is 1. The van der Waals surface area contributed by atoms with Gasteiger partial charge in [0.15, 0.2) is 0 Å². The molecule has 62 valence electrons. The Labute approximate surface area is 69.0 Å². The van der Waals surface area contributed by atoms with Crippen LogP contribution in [0.4, 0.5) is 0 Å². The van der Waals surface area contributed by atoms with Crippen molar-refractivity contribution in [1.29, 1.82) is 0 Å². The van der Waals surface area contributed by atoms with Crippen LogP contribution in [0.1, 0.15) is 0 Å². The minimum atomic E-state index is 0.197. The Kier molecular flexibility index (Phi) is 1.46. The van der Waals surface area contributed by atoms with E-state index in [1.54, 1.807) is 25.3 Å². The molecule has 0 radical (unpaired) electrons. The van der Waals surface area contributed by atoms with Gasteiger partial charge in [0, 0.05) is 12.1 Å². The van der Waals surface area contributed by atoms with Crippen molar-refractivity contribution in [3.8, 4) is 5.75 Å². The van der Waals surface area contributed by atoms with E-state index in [0.29, 0.717) is 10.7 Å². The molecule has 1 aliphatic rings. The van der Waals surface area contributed by atoms with Crippen LogP contribution in [0.3, 0.4) is 0 Å². The van der Waals surface area contributed by atoms with E-state index >= 15 is 0 Å². The van der Waals surface area contributed by atoms with Crippen LogP contribution in [0, 0.1) is 5.21 Å². The van der Waals surface area contributed by atoms with E-state index in [4.69, 9.17) is 4.74 Å². The highest BCUT2D eigenvalue weighted by Gasteiger charge is 2.06. The van der Waals surface area contributed by atoms with Crippen LogP contribution in [0.2, 0.25) is 0 Å².